The third kappa shape index (κ3) is 5.87. The van der Waals surface area contributed by atoms with Gasteiger partial charge in [0.25, 0.3) is 0 Å². The van der Waals surface area contributed by atoms with Crippen molar-refractivity contribution in [3.05, 3.63) is 77.9 Å². The first-order valence-corrected chi connectivity index (χ1v) is 14.2. The highest BCUT2D eigenvalue weighted by molar-refractivity contribution is 7.89. The molecule has 0 radical (unpaired) electrons. The average Bonchev–Trinajstić information content (AvgIpc) is 3.52. The number of ether oxygens (including phenoxy) is 2. The zero-order valence-corrected chi connectivity index (χ0v) is 22.4. The lowest BCUT2D eigenvalue weighted by molar-refractivity contribution is -0.274. The van der Waals surface area contributed by atoms with E-state index in [-0.39, 0.29) is 34.4 Å². The van der Waals surface area contributed by atoms with Crippen molar-refractivity contribution in [1.29, 1.82) is 0 Å². The number of anilines is 1. The summed E-state index contributed by atoms with van der Waals surface area (Å²) in [5.74, 6) is 0.274. The third-order valence-electron chi connectivity index (χ3n) is 7.32. The van der Waals surface area contributed by atoms with Crippen LogP contribution in [0.15, 0.2) is 71.6 Å². The molecule has 1 fully saturated rings. The molecule has 0 bridgehead atoms. The highest BCUT2D eigenvalue weighted by atomic mass is 32.2. The van der Waals surface area contributed by atoms with Crippen molar-refractivity contribution in [2.75, 3.05) is 18.5 Å². The second kappa shape index (κ2) is 10.7. The van der Waals surface area contributed by atoms with Crippen molar-refractivity contribution in [2.24, 2.45) is 0 Å². The molecule has 212 valence electrons. The first-order valence-electron chi connectivity index (χ1n) is 12.7. The van der Waals surface area contributed by atoms with E-state index in [1.807, 2.05) is 6.07 Å². The van der Waals surface area contributed by atoms with Crippen LogP contribution >= 0.6 is 0 Å². The standard InChI is InChI=1S/C28H28F3N3O5S/c1-32-40(36,37)23-10-7-19(8-11-23)17-33-26(35)34-18-27(13-2-3-14-27)24-16-21(9-12-25(24)34)38-20-5-4-6-22(15-20)39-28(29,30)31/h4-12,15-16,32H,2-3,13-14,17-18H2,1H3,(H,33,35). The van der Waals surface area contributed by atoms with Gasteiger partial charge in [-0.3, -0.25) is 4.90 Å². The Hall–Kier alpha value is -3.77. The lowest BCUT2D eigenvalue weighted by Crippen LogP contribution is -2.41. The summed E-state index contributed by atoms with van der Waals surface area (Å²) in [6.45, 7) is 0.723. The minimum atomic E-state index is -4.80. The van der Waals surface area contributed by atoms with Gasteiger partial charge >= 0.3 is 12.4 Å². The van der Waals surface area contributed by atoms with Crippen LogP contribution < -0.4 is 24.4 Å². The number of benzene rings is 3. The Bertz CT molecular complexity index is 1500. The lowest BCUT2D eigenvalue weighted by atomic mass is 9.81. The smallest absolute Gasteiger partial charge is 0.457 e. The van der Waals surface area contributed by atoms with Crippen molar-refractivity contribution in [2.45, 2.75) is 48.9 Å². The summed E-state index contributed by atoms with van der Waals surface area (Å²) in [7, 11) is -2.20. The summed E-state index contributed by atoms with van der Waals surface area (Å²) in [6.07, 6.45) is -0.938. The van der Waals surface area contributed by atoms with Gasteiger partial charge in [0.05, 0.1) is 4.90 Å². The van der Waals surface area contributed by atoms with Crippen LogP contribution in [0.2, 0.25) is 0 Å². The van der Waals surface area contributed by atoms with Gasteiger partial charge in [0.1, 0.15) is 17.2 Å². The second-order valence-corrected chi connectivity index (χ2v) is 11.8. The number of hydrogen-bond acceptors (Lipinski definition) is 5. The maximum absolute atomic E-state index is 13.3. The Morgan fingerprint density at radius 2 is 1.65 bits per heavy atom. The molecule has 5 rings (SSSR count). The van der Waals surface area contributed by atoms with Crippen LogP contribution in [-0.4, -0.2) is 34.4 Å². The molecule has 1 spiro atoms. The molecule has 1 heterocycles. The van der Waals surface area contributed by atoms with Gasteiger partial charge in [-0.1, -0.05) is 31.0 Å². The molecule has 0 atom stereocenters. The molecule has 2 N–H and O–H groups in total. The molecular formula is C28H28F3N3O5S. The lowest BCUT2D eigenvalue weighted by Gasteiger charge is -2.25. The molecule has 0 aromatic heterocycles. The van der Waals surface area contributed by atoms with Crippen molar-refractivity contribution in [3.8, 4) is 17.2 Å². The summed E-state index contributed by atoms with van der Waals surface area (Å²) >= 11 is 0. The molecule has 0 unspecified atom stereocenters. The fourth-order valence-electron chi connectivity index (χ4n) is 5.42. The number of hydrogen-bond donors (Lipinski definition) is 2. The summed E-state index contributed by atoms with van der Waals surface area (Å²) in [5.41, 5.74) is 2.26. The molecule has 0 saturated heterocycles. The molecule has 1 aliphatic heterocycles. The first kappa shape index (κ1) is 27.8. The molecule has 1 saturated carbocycles. The minimum Gasteiger partial charge on any atom is -0.457 e. The van der Waals surface area contributed by atoms with E-state index in [0.717, 1.165) is 42.5 Å². The first-order chi connectivity index (χ1) is 19.0. The fourth-order valence-corrected chi connectivity index (χ4v) is 6.15. The van der Waals surface area contributed by atoms with Crippen LogP contribution in [0.5, 0.6) is 17.2 Å². The van der Waals surface area contributed by atoms with Gasteiger partial charge in [-0.15, -0.1) is 13.2 Å². The Kier molecular flexibility index (Phi) is 7.40. The van der Waals surface area contributed by atoms with Gasteiger partial charge < -0.3 is 14.8 Å². The molecule has 8 nitrogen and oxygen atoms in total. The Morgan fingerprint density at radius 3 is 2.33 bits per heavy atom. The molecule has 3 aromatic rings. The number of rotatable bonds is 7. The minimum absolute atomic E-state index is 0.138. The van der Waals surface area contributed by atoms with Crippen LogP contribution in [0, 0.1) is 0 Å². The number of carbonyl (C=O) groups excluding carboxylic acids is 1. The molecule has 1 aliphatic carbocycles. The van der Waals surface area contributed by atoms with E-state index in [9.17, 15) is 26.4 Å². The zero-order chi connectivity index (χ0) is 28.5. The van der Waals surface area contributed by atoms with Gasteiger partial charge in [0, 0.05) is 30.3 Å². The molecule has 12 heteroatoms. The van der Waals surface area contributed by atoms with Gasteiger partial charge in [0.15, 0.2) is 0 Å². The summed E-state index contributed by atoms with van der Waals surface area (Å²) in [5, 5.41) is 2.92. The summed E-state index contributed by atoms with van der Waals surface area (Å²) in [4.78, 5) is 15.1. The highest BCUT2D eigenvalue weighted by Gasteiger charge is 2.46. The van der Waals surface area contributed by atoms with E-state index in [0.29, 0.717) is 12.3 Å². The Morgan fingerprint density at radius 1 is 0.975 bits per heavy atom. The topological polar surface area (TPSA) is 97.0 Å². The van der Waals surface area contributed by atoms with E-state index in [1.54, 1.807) is 35.2 Å². The van der Waals surface area contributed by atoms with Gasteiger partial charge in [-0.2, -0.15) is 0 Å². The van der Waals surface area contributed by atoms with Crippen LogP contribution in [-0.2, 0) is 22.0 Å². The summed E-state index contributed by atoms with van der Waals surface area (Å²) in [6, 6.07) is 16.7. The van der Waals surface area contributed by atoms with Gasteiger partial charge in [0.2, 0.25) is 10.0 Å². The number of halogens is 3. The van der Waals surface area contributed by atoms with Crippen molar-refractivity contribution in [3.63, 3.8) is 0 Å². The Balaban J connectivity index is 1.32. The van der Waals surface area contributed by atoms with E-state index in [2.05, 4.69) is 14.8 Å². The van der Waals surface area contributed by atoms with Crippen LogP contribution in [0.25, 0.3) is 0 Å². The van der Waals surface area contributed by atoms with Crippen LogP contribution in [0.1, 0.15) is 36.8 Å². The molecular weight excluding hydrogens is 547 g/mol. The maximum Gasteiger partial charge on any atom is 0.573 e. The molecule has 2 aliphatic rings. The third-order valence-corrected chi connectivity index (χ3v) is 8.75. The SMILES string of the molecule is CNS(=O)(=O)c1ccc(CNC(=O)N2CC3(CCCC3)c3cc(Oc4cccc(OC(F)(F)F)c4)ccc32)cc1. The predicted molar refractivity (Wildman–Crippen MR) is 142 cm³/mol. The predicted octanol–water partition coefficient (Wildman–Crippen LogP) is 5.83. The second-order valence-electron chi connectivity index (χ2n) is 9.89. The number of amides is 2. The largest absolute Gasteiger partial charge is 0.573 e. The van der Waals surface area contributed by atoms with E-state index >= 15 is 0 Å². The highest BCUT2D eigenvalue weighted by Crippen LogP contribution is 2.51. The maximum atomic E-state index is 13.3. The Labute approximate surface area is 230 Å². The normalized spacial score (nSPS) is 16.1. The van der Waals surface area contributed by atoms with E-state index in [4.69, 9.17) is 4.74 Å². The number of urea groups is 1. The number of nitrogens with one attached hydrogen (secondary N) is 2. The van der Waals surface area contributed by atoms with Gasteiger partial charge in [-0.25, -0.2) is 17.9 Å². The molecule has 2 amide bonds. The molecule has 40 heavy (non-hydrogen) atoms. The fraction of sp³-hybridized carbons (Fsp3) is 0.321. The van der Waals surface area contributed by atoms with Gasteiger partial charge in [-0.05, 0) is 73.5 Å². The number of carbonyl (C=O) groups is 1. The average molecular weight is 576 g/mol. The zero-order valence-electron chi connectivity index (χ0n) is 21.6. The van der Waals surface area contributed by atoms with Crippen molar-refractivity contribution < 1.29 is 35.9 Å². The monoisotopic (exact) mass is 575 g/mol. The van der Waals surface area contributed by atoms with Crippen LogP contribution in [0.3, 0.4) is 0 Å². The van der Waals surface area contributed by atoms with Crippen molar-refractivity contribution >= 4 is 21.7 Å². The van der Waals surface area contributed by atoms with Crippen LogP contribution in [0.4, 0.5) is 23.7 Å². The number of nitrogens with zero attached hydrogens (tertiary/aromatic N) is 1. The summed E-state index contributed by atoms with van der Waals surface area (Å²) < 4.78 is 73.9. The van der Waals surface area contributed by atoms with E-state index in [1.165, 1.54) is 37.4 Å². The quantitative estimate of drug-likeness (QED) is 0.370. The number of fused-ring (bicyclic) bond motifs is 2. The number of alkyl halides is 3. The van der Waals surface area contributed by atoms with Crippen molar-refractivity contribution in [1.82, 2.24) is 10.0 Å². The molecule has 3 aromatic carbocycles. The van der Waals surface area contributed by atoms with E-state index < -0.39 is 16.4 Å². The number of sulfonamides is 1.